The van der Waals surface area contributed by atoms with Crippen molar-refractivity contribution in [2.24, 2.45) is 0 Å². The van der Waals surface area contributed by atoms with Gasteiger partial charge in [0.1, 0.15) is 17.1 Å². The molecule has 1 aromatic carbocycles. The number of carbonyl (C=O) groups is 1. The molecule has 0 radical (unpaired) electrons. The highest BCUT2D eigenvalue weighted by Crippen LogP contribution is 2.28. The minimum absolute atomic E-state index is 0.0326. The van der Waals surface area contributed by atoms with Crippen molar-refractivity contribution in [3.63, 3.8) is 0 Å². The van der Waals surface area contributed by atoms with Crippen LogP contribution in [0.5, 0.6) is 0 Å². The summed E-state index contributed by atoms with van der Waals surface area (Å²) in [5, 5.41) is 12.8. The van der Waals surface area contributed by atoms with E-state index >= 15 is 0 Å². The Morgan fingerprint density at radius 3 is 2.83 bits per heavy atom. The summed E-state index contributed by atoms with van der Waals surface area (Å²) in [5.74, 6) is -1.53. The highest BCUT2D eigenvalue weighted by Gasteiger charge is 2.22. The number of carboxylic acids is 1. The van der Waals surface area contributed by atoms with Gasteiger partial charge < -0.3 is 9.63 Å². The molecule has 6 heteroatoms. The van der Waals surface area contributed by atoms with E-state index in [1.807, 2.05) is 0 Å². The molecule has 0 fully saturated rings. The Morgan fingerprint density at radius 2 is 2.28 bits per heavy atom. The molecule has 2 rings (SSSR count). The lowest BCUT2D eigenvalue weighted by molar-refractivity contribution is 0.0695. The van der Waals surface area contributed by atoms with Crippen LogP contribution in [-0.4, -0.2) is 16.2 Å². The number of aromatic carboxylic acids is 1. The van der Waals surface area contributed by atoms with Gasteiger partial charge in [-0.2, -0.15) is 0 Å². The summed E-state index contributed by atoms with van der Waals surface area (Å²) in [7, 11) is 0. The third-order valence-corrected chi connectivity index (χ3v) is 2.80. The van der Waals surface area contributed by atoms with Gasteiger partial charge in [0.15, 0.2) is 5.76 Å². The van der Waals surface area contributed by atoms with E-state index in [9.17, 15) is 9.18 Å². The van der Waals surface area contributed by atoms with E-state index in [1.54, 1.807) is 6.92 Å². The molecule has 1 heterocycles. The Morgan fingerprint density at radius 1 is 1.56 bits per heavy atom. The van der Waals surface area contributed by atoms with E-state index in [0.717, 1.165) is 6.07 Å². The fourth-order valence-corrected chi connectivity index (χ4v) is 1.74. The van der Waals surface area contributed by atoms with Crippen molar-refractivity contribution in [3.05, 3.63) is 40.4 Å². The molecule has 1 aromatic heterocycles. The molecule has 0 atom stereocenters. The number of hydrogen-bond donors (Lipinski definition) is 1. The van der Waals surface area contributed by atoms with Crippen LogP contribution in [0.1, 0.15) is 23.0 Å². The number of benzene rings is 1. The molecular formula is C12H9ClFNO3. The van der Waals surface area contributed by atoms with Gasteiger partial charge in [-0.1, -0.05) is 29.7 Å². The maximum absolute atomic E-state index is 13.3. The summed E-state index contributed by atoms with van der Waals surface area (Å²) >= 11 is 5.57. The first kappa shape index (κ1) is 12.6. The van der Waals surface area contributed by atoms with E-state index in [-0.39, 0.29) is 22.0 Å². The molecule has 0 spiro atoms. The lowest BCUT2D eigenvalue weighted by Gasteiger charge is -2.00. The van der Waals surface area contributed by atoms with Gasteiger partial charge in [0.2, 0.25) is 0 Å². The van der Waals surface area contributed by atoms with Crippen molar-refractivity contribution in [2.75, 3.05) is 0 Å². The first-order chi connectivity index (χ1) is 8.54. The fraction of sp³-hybridized carbons (Fsp3) is 0.167. The summed E-state index contributed by atoms with van der Waals surface area (Å²) in [4.78, 5) is 11.2. The van der Waals surface area contributed by atoms with Gasteiger partial charge in [-0.25, -0.2) is 9.18 Å². The molecule has 0 aliphatic heterocycles. The predicted octanol–water partition coefficient (Wildman–Crippen LogP) is 3.39. The van der Waals surface area contributed by atoms with E-state index in [1.165, 1.54) is 12.1 Å². The van der Waals surface area contributed by atoms with Crippen molar-refractivity contribution >= 4 is 17.6 Å². The van der Waals surface area contributed by atoms with Crippen LogP contribution in [0, 0.1) is 5.82 Å². The van der Waals surface area contributed by atoms with Crippen LogP contribution in [-0.2, 0) is 6.42 Å². The largest absolute Gasteiger partial charge is 0.477 e. The zero-order valence-electron chi connectivity index (χ0n) is 9.41. The third-order valence-electron chi connectivity index (χ3n) is 2.49. The van der Waals surface area contributed by atoms with Crippen LogP contribution in [0.15, 0.2) is 22.7 Å². The van der Waals surface area contributed by atoms with Crippen LogP contribution >= 0.6 is 11.6 Å². The van der Waals surface area contributed by atoms with Crippen molar-refractivity contribution in [1.82, 2.24) is 5.16 Å². The molecule has 0 saturated carbocycles. The molecule has 0 aliphatic carbocycles. The Bertz CT molecular complexity index is 609. The Kier molecular flexibility index (Phi) is 3.34. The summed E-state index contributed by atoms with van der Waals surface area (Å²) in [6, 6.07) is 3.97. The first-order valence-corrected chi connectivity index (χ1v) is 5.59. The molecular weight excluding hydrogens is 261 g/mol. The van der Waals surface area contributed by atoms with Gasteiger partial charge in [0.25, 0.3) is 0 Å². The number of halogens is 2. The smallest absolute Gasteiger partial charge is 0.341 e. The van der Waals surface area contributed by atoms with Crippen LogP contribution in [0.3, 0.4) is 0 Å². The second kappa shape index (κ2) is 4.78. The molecule has 94 valence electrons. The minimum atomic E-state index is -1.15. The van der Waals surface area contributed by atoms with Crippen molar-refractivity contribution in [1.29, 1.82) is 0 Å². The van der Waals surface area contributed by atoms with Crippen molar-refractivity contribution < 1.29 is 18.8 Å². The van der Waals surface area contributed by atoms with E-state index in [4.69, 9.17) is 21.2 Å². The van der Waals surface area contributed by atoms with Gasteiger partial charge in [-0.15, -0.1) is 0 Å². The van der Waals surface area contributed by atoms with Crippen LogP contribution in [0.2, 0.25) is 5.02 Å². The SMILES string of the molecule is CCc1onc(-c2ccc(Cl)c(F)c2)c1C(=O)O. The number of aromatic nitrogens is 1. The van der Waals surface area contributed by atoms with Crippen LogP contribution in [0.25, 0.3) is 11.3 Å². The first-order valence-electron chi connectivity index (χ1n) is 5.21. The minimum Gasteiger partial charge on any atom is -0.477 e. The van der Waals surface area contributed by atoms with Crippen molar-refractivity contribution in [2.45, 2.75) is 13.3 Å². The molecule has 18 heavy (non-hydrogen) atoms. The van der Waals surface area contributed by atoms with E-state index in [0.29, 0.717) is 12.0 Å². The normalized spacial score (nSPS) is 10.6. The van der Waals surface area contributed by atoms with Gasteiger partial charge in [0, 0.05) is 12.0 Å². The average Bonchev–Trinajstić information content (AvgIpc) is 2.76. The van der Waals surface area contributed by atoms with Crippen LogP contribution < -0.4 is 0 Å². The molecule has 0 aliphatic rings. The molecule has 0 bridgehead atoms. The second-order valence-corrected chi connectivity index (χ2v) is 4.02. The molecule has 1 N–H and O–H groups in total. The number of hydrogen-bond acceptors (Lipinski definition) is 3. The number of nitrogens with zero attached hydrogens (tertiary/aromatic N) is 1. The monoisotopic (exact) mass is 269 g/mol. The second-order valence-electron chi connectivity index (χ2n) is 3.62. The molecule has 4 nitrogen and oxygen atoms in total. The Labute approximate surface area is 107 Å². The van der Waals surface area contributed by atoms with Gasteiger partial charge in [-0.3, -0.25) is 0 Å². The highest BCUT2D eigenvalue weighted by molar-refractivity contribution is 6.30. The maximum Gasteiger partial charge on any atom is 0.341 e. The third kappa shape index (κ3) is 2.09. The lowest BCUT2D eigenvalue weighted by atomic mass is 10.1. The Hall–Kier alpha value is -1.88. The Balaban J connectivity index is 2.60. The van der Waals surface area contributed by atoms with E-state index < -0.39 is 11.8 Å². The van der Waals surface area contributed by atoms with Gasteiger partial charge in [0.05, 0.1) is 5.02 Å². The molecule has 2 aromatic rings. The molecule has 0 unspecified atom stereocenters. The zero-order valence-corrected chi connectivity index (χ0v) is 10.2. The number of carboxylic acid groups (broad SMARTS) is 1. The highest BCUT2D eigenvalue weighted by atomic mass is 35.5. The molecule has 0 amide bonds. The average molecular weight is 270 g/mol. The lowest BCUT2D eigenvalue weighted by Crippen LogP contribution is -2.01. The number of aryl methyl sites for hydroxylation is 1. The molecule has 0 saturated heterocycles. The maximum atomic E-state index is 13.3. The summed E-state index contributed by atoms with van der Waals surface area (Å²) < 4.78 is 18.3. The summed E-state index contributed by atoms with van der Waals surface area (Å²) in [5.41, 5.74) is 0.381. The van der Waals surface area contributed by atoms with Crippen molar-refractivity contribution in [3.8, 4) is 11.3 Å². The number of rotatable bonds is 3. The van der Waals surface area contributed by atoms with Gasteiger partial charge >= 0.3 is 5.97 Å². The fourth-order valence-electron chi connectivity index (χ4n) is 1.63. The van der Waals surface area contributed by atoms with E-state index in [2.05, 4.69) is 5.16 Å². The zero-order chi connectivity index (χ0) is 13.3. The summed E-state index contributed by atoms with van der Waals surface area (Å²) in [6.45, 7) is 1.75. The summed E-state index contributed by atoms with van der Waals surface area (Å²) in [6.07, 6.45) is 0.394. The quantitative estimate of drug-likeness (QED) is 0.927. The van der Waals surface area contributed by atoms with Gasteiger partial charge in [-0.05, 0) is 12.1 Å². The van der Waals surface area contributed by atoms with Crippen LogP contribution in [0.4, 0.5) is 4.39 Å². The topological polar surface area (TPSA) is 63.3 Å². The predicted molar refractivity (Wildman–Crippen MR) is 63.2 cm³/mol. The standard InChI is InChI=1S/C12H9ClFNO3/c1-2-9-10(12(16)17)11(15-18-9)6-3-4-7(13)8(14)5-6/h3-5H,2H2,1H3,(H,16,17).